The van der Waals surface area contributed by atoms with Crippen LogP contribution in [0.25, 0.3) is 0 Å². The Labute approximate surface area is 215 Å². The molecule has 1 aromatic heterocycles. The molecule has 2 aliphatic heterocycles. The van der Waals surface area contributed by atoms with Crippen LogP contribution in [0.2, 0.25) is 0 Å². The molecule has 38 heavy (non-hydrogen) atoms. The number of nitrogens with zero attached hydrogens (tertiary/aromatic N) is 3. The lowest BCUT2D eigenvalue weighted by Gasteiger charge is -2.42. The summed E-state index contributed by atoms with van der Waals surface area (Å²) in [6, 6.07) is 5.31. The molecule has 0 spiro atoms. The SMILES string of the molecule is CN(C)C(=O)C(=O)NC12CCC(CC(F)F)(CC1)Cn1c2nc(C(=O)NCc2ccc(F)cc2)c(O)c1=O. The van der Waals surface area contributed by atoms with Crippen molar-refractivity contribution in [1.82, 2.24) is 25.1 Å². The van der Waals surface area contributed by atoms with Crippen molar-refractivity contribution in [1.29, 1.82) is 0 Å². The van der Waals surface area contributed by atoms with Gasteiger partial charge in [-0.05, 0) is 48.8 Å². The highest BCUT2D eigenvalue weighted by Crippen LogP contribution is 2.52. The van der Waals surface area contributed by atoms with E-state index in [1.807, 2.05) is 0 Å². The number of halogens is 3. The first-order valence-corrected chi connectivity index (χ1v) is 12.1. The Morgan fingerprint density at radius 1 is 1.13 bits per heavy atom. The lowest BCUT2D eigenvalue weighted by atomic mass is 9.67. The Morgan fingerprint density at radius 3 is 2.34 bits per heavy atom. The molecular formula is C25H28F3N5O5. The van der Waals surface area contributed by atoms with Crippen LogP contribution in [-0.2, 0) is 28.2 Å². The zero-order chi connectivity index (χ0) is 27.8. The molecule has 1 saturated carbocycles. The molecule has 2 bridgehead atoms. The maximum Gasteiger partial charge on any atom is 0.311 e. The van der Waals surface area contributed by atoms with Crippen molar-refractivity contribution in [3.63, 3.8) is 0 Å². The Bertz CT molecular complexity index is 1320. The summed E-state index contributed by atoms with van der Waals surface area (Å²) < 4.78 is 41.3. The van der Waals surface area contributed by atoms with Gasteiger partial charge in [-0.2, -0.15) is 0 Å². The Balaban J connectivity index is 1.76. The number of rotatable bonds is 6. The van der Waals surface area contributed by atoms with E-state index in [1.54, 1.807) is 0 Å². The number of nitrogens with one attached hydrogen (secondary N) is 2. The molecule has 10 nitrogen and oxygen atoms in total. The van der Waals surface area contributed by atoms with Gasteiger partial charge in [0.05, 0.1) is 5.54 Å². The number of aromatic nitrogens is 2. The Hall–Kier alpha value is -3.90. The Morgan fingerprint density at radius 2 is 1.76 bits per heavy atom. The highest BCUT2D eigenvalue weighted by atomic mass is 19.3. The van der Waals surface area contributed by atoms with Crippen molar-refractivity contribution in [2.45, 2.75) is 57.2 Å². The van der Waals surface area contributed by atoms with Gasteiger partial charge in [0, 0.05) is 33.6 Å². The molecule has 0 radical (unpaired) electrons. The third-order valence-electron chi connectivity index (χ3n) is 7.35. The fourth-order valence-corrected chi connectivity index (χ4v) is 5.26. The minimum absolute atomic E-state index is 0.0602. The predicted octanol–water partition coefficient (Wildman–Crippen LogP) is 1.65. The van der Waals surface area contributed by atoms with E-state index in [-0.39, 0.29) is 44.6 Å². The second-order valence-corrected chi connectivity index (χ2v) is 10.2. The summed E-state index contributed by atoms with van der Waals surface area (Å²) in [5.74, 6) is -4.25. The fraction of sp³-hybridized carbons (Fsp3) is 0.480. The first-order chi connectivity index (χ1) is 17.9. The van der Waals surface area contributed by atoms with Crippen molar-refractivity contribution >= 4 is 17.7 Å². The van der Waals surface area contributed by atoms with Gasteiger partial charge in [0.1, 0.15) is 11.6 Å². The van der Waals surface area contributed by atoms with E-state index < -0.39 is 64.3 Å². The van der Waals surface area contributed by atoms with E-state index in [0.717, 1.165) is 9.47 Å². The average Bonchev–Trinajstić information content (AvgIpc) is 3.07. The Kier molecular flexibility index (Phi) is 7.22. The van der Waals surface area contributed by atoms with Gasteiger partial charge < -0.3 is 20.6 Å². The molecule has 0 unspecified atom stereocenters. The topological polar surface area (TPSA) is 134 Å². The van der Waals surface area contributed by atoms with Gasteiger partial charge in [-0.15, -0.1) is 0 Å². The third kappa shape index (κ3) is 5.09. The minimum atomic E-state index is -2.65. The van der Waals surface area contributed by atoms with Crippen LogP contribution in [-0.4, -0.2) is 57.8 Å². The molecule has 3 amide bonds. The summed E-state index contributed by atoms with van der Waals surface area (Å²) in [5, 5.41) is 15.8. The van der Waals surface area contributed by atoms with Crippen molar-refractivity contribution < 1.29 is 32.7 Å². The van der Waals surface area contributed by atoms with Crippen LogP contribution in [0, 0.1) is 11.2 Å². The number of likely N-dealkylation sites (N-methyl/N-ethyl adjacent to an activating group) is 1. The smallest absolute Gasteiger partial charge is 0.311 e. The van der Waals surface area contributed by atoms with Gasteiger partial charge in [-0.3, -0.25) is 23.7 Å². The standard InChI is InChI=1S/C25H28F3N5O5/c1-32(2)22(38)20(36)31-25-9-7-24(8-10-25,11-16(27)28)13-33-21(37)18(34)17(30-23(25)33)19(35)29-12-14-3-5-15(26)6-4-14/h3-6,16,34H,7-13H2,1-2H3,(H,29,35)(H,31,36). The number of hydrogen-bond acceptors (Lipinski definition) is 6. The summed E-state index contributed by atoms with van der Waals surface area (Å²) in [4.78, 5) is 56.7. The molecule has 1 fully saturated rings. The summed E-state index contributed by atoms with van der Waals surface area (Å²) in [5.41, 5.74) is -3.47. The number of alkyl halides is 2. The van der Waals surface area contributed by atoms with Crippen LogP contribution in [0.4, 0.5) is 13.2 Å². The van der Waals surface area contributed by atoms with Crippen molar-refractivity contribution in [3.8, 4) is 5.75 Å². The minimum Gasteiger partial charge on any atom is -0.501 e. The van der Waals surface area contributed by atoms with Gasteiger partial charge >= 0.3 is 11.8 Å². The van der Waals surface area contributed by atoms with E-state index in [4.69, 9.17) is 0 Å². The number of amides is 3. The molecule has 204 valence electrons. The quantitative estimate of drug-likeness (QED) is 0.482. The summed E-state index contributed by atoms with van der Waals surface area (Å²) >= 11 is 0. The van der Waals surface area contributed by atoms with E-state index in [1.165, 1.54) is 38.4 Å². The van der Waals surface area contributed by atoms with Gasteiger partial charge in [-0.25, -0.2) is 18.2 Å². The molecule has 13 heteroatoms. The molecule has 3 aliphatic rings. The lowest BCUT2D eigenvalue weighted by molar-refractivity contribution is -0.145. The van der Waals surface area contributed by atoms with Crippen LogP contribution in [0.3, 0.4) is 0 Å². The normalized spacial score (nSPS) is 21.9. The van der Waals surface area contributed by atoms with Gasteiger partial charge in [0.25, 0.3) is 11.5 Å². The first kappa shape index (κ1) is 27.1. The van der Waals surface area contributed by atoms with Crippen LogP contribution < -0.4 is 16.2 Å². The van der Waals surface area contributed by atoms with E-state index >= 15 is 0 Å². The van der Waals surface area contributed by atoms with Crippen molar-refractivity contribution in [2.24, 2.45) is 5.41 Å². The van der Waals surface area contributed by atoms with E-state index in [2.05, 4.69) is 15.6 Å². The second-order valence-electron chi connectivity index (χ2n) is 10.2. The zero-order valence-corrected chi connectivity index (χ0v) is 20.9. The molecule has 5 rings (SSSR count). The largest absolute Gasteiger partial charge is 0.501 e. The van der Waals surface area contributed by atoms with Gasteiger partial charge in [-0.1, -0.05) is 12.1 Å². The number of carbonyl (C=O) groups is 3. The van der Waals surface area contributed by atoms with Gasteiger partial charge in [0.15, 0.2) is 5.69 Å². The monoisotopic (exact) mass is 535 g/mol. The summed E-state index contributed by atoms with van der Waals surface area (Å²) in [6.45, 7) is -0.252. The molecule has 0 atom stereocenters. The fourth-order valence-electron chi connectivity index (χ4n) is 5.26. The van der Waals surface area contributed by atoms with Crippen molar-refractivity contribution in [2.75, 3.05) is 14.1 Å². The second kappa shape index (κ2) is 10.1. The third-order valence-corrected chi connectivity index (χ3v) is 7.35. The van der Waals surface area contributed by atoms with E-state index in [9.17, 15) is 37.5 Å². The van der Waals surface area contributed by atoms with Gasteiger partial charge in [0.2, 0.25) is 12.2 Å². The molecule has 3 heterocycles. The zero-order valence-electron chi connectivity index (χ0n) is 20.9. The molecule has 1 aromatic carbocycles. The molecule has 1 aliphatic carbocycles. The maximum atomic E-state index is 13.5. The van der Waals surface area contributed by atoms with E-state index in [0.29, 0.717) is 5.56 Å². The van der Waals surface area contributed by atoms with Crippen LogP contribution in [0.1, 0.15) is 54.0 Å². The first-order valence-electron chi connectivity index (χ1n) is 12.1. The molecule has 0 saturated heterocycles. The number of carbonyl (C=O) groups excluding carboxylic acids is 3. The number of benzene rings is 1. The summed E-state index contributed by atoms with van der Waals surface area (Å²) in [6.07, 6.45) is -2.56. The molecular weight excluding hydrogens is 507 g/mol. The van der Waals surface area contributed by atoms with Crippen LogP contribution >= 0.6 is 0 Å². The summed E-state index contributed by atoms with van der Waals surface area (Å²) in [7, 11) is 2.78. The maximum absolute atomic E-state index is 13.5. The number of hydrogen-bond donors (Lipinski definition) is 3. The lowest BCUT2D eigenvalue weighted by Crippen LogP contribution is -2.54. The highest BCUT2D eigenvalue weighted by Gasteiger charge is 2.52. The van der Waals surface area contributed by atoms with Crippen LogP contribution in [0.5, 0.6) is 5.75 Å². The molecule has 2 aromatic rings. The average molecular weight is 536 g/mol. The van der Waals surface area contributed by atoms with Crippen molar-refractivity contribution in [3.05, 3.63) is 57.5 Å². The number of fused-ring (bicyclic) bond motifs is 2. The number of aromatic hydroxyl groups is 1. The molecule has 3 N–H and O–H groups in total. The highest BCUT2D eigenvalue weighted by molar-refractivity contribution is 6.35. The van der Waals surface area contributed by atoms with Crippen LogP contribution in [0.15, 0.2) is 29.1 Å². The predicted molar refractivity (Wildman–Crippen MR) is 128 cm³/mol.